The molecule has 0 saturated carbocycles. The van der Waals surface area contributed by atoms with E-state index in [1.165, 1.54) is 20.1 Å². The van der Waals surface area contributed by atoms with Gasteiger partial charge in [0, 0.05) is 12.0 Å². The molecule has 0 saturated heterocycles. The van der Waals surface area contributed by atoms with E-state index in [1.54, 1.807) is 0 Å². The van der Waals surface area contributed by atoms with Gasteiger partial charge in [-0.3, -0.25) is 4.79 Å². The molecule has 0 spiro atoms. The van der Waals surface area contributed by atoms with Gasteiger partial charge in [0.25, 0.3) is 0 Å². The van der Waals surface area contributed by atoms with Gasteiger partial charge in [-0.15, -0.1) is 0 Å². The lowest BCUT2D eigenvalue weighted by molar-refractivity contribution is -0.116. The van der Waals surface area contributed by atoms with Crippen LogP contribution in [-0.2, 0) is 11.2 Å². The first kappa shape index (κ1) is 11.8. The second-order valence-corrected chi connectivity index (χ2v) is 3.50. The van der Waals surface area contributed by atoms with Crippen LogP contribution in [0.1, 0.15) is 12.5 Å². The number of Topliss-reactive ketones (excluding diaryl/α,β-unsaturated/α-hetero) is 1. The first-order valence-electron chi connectivity index (χ1n) is 4.20. The minimum Gasteiger partial charge on any atom is -0.504 e. The number of rotatable bonds is 3. The topological polar surface area (TPSA) is 46.5 Å². The predicted molar refractivity (Wildman–Crippen MR) is 54.0 cm³/mol. The van der Waals surface area contributed by atoms with E-state index in [0.29, 0.717) is 5.56 Å². The molecule has 1 aromatic rings. The number of benzene rings is 1. The lowest BCUT2D eigenvalue weighted by Crippen LogP contribution is -2.02. The average Bonchev–Trinajstić information content (AvgIpc) is 2.14. The Morgan fingerprint density at radius 3 is 2.73 bits per heavy atom. The van der Waals surface area contributed by atoms with E-state index >= 15 is 0 Å². The molecule has 5 heteroatoms. The molecule has 0 aliphatic heterocycles. The third kappa shape index (κ3) is 2.39. The van der Waals surface area contributed by atoms with Crippen molar-refractivity contribution in [2.24, 2.45) is 0 Å². The molecule has 0 fully saturated rings. The molecule has 0 unspecified atom stereocenters. The highest BCUT2D eigenvalue weighted by Crippen LogP contribution is 2.36. The average molecular weight is 233 g/mol. The van der Waals surface area contributed by atoms with Crippen LogP contribution in [0.15, 0.2) is 6.07 Å². The summed E-state index contributed by atoms with van der Waals surface area (Å²) in [6.45, 7) is 1.37. The summed E-state index contributed by atoms with van der Waals surface area (Å²) < 4.78 is 18.2. The van der Waals surface area contributed by atoms with Gasteiger partial charge in [0.05, 0.1) is 12.1 Å². The zero-order chi connectivity index (χ0) is 11.6. The van der Waals surface area contributed by atoms with Crippen LogP contribution in [0.25, 0.3) is 0 Å². The second-order valence-electron chi connectivity index (χ2n) is 3.09. The Kier molecular flexibility index (Phi) is 3.52. The normalized spacial score (nSPS) is 10.1. The van der Waals surface area contributed by atoms with Gasteiger partial charge in [-0.1, -0.05) is 11.6 Å². The number of phenols is 1. The molecule has 0 aromatic heterocycles. The van der Waals surface area contributed by atoms with Gasteiger partial charge in [0.15, 0.2) is 11.5 Å². The molecule has 1 aromatic carbocycles. The molecule has 1 N–H and O–H groups in total. The fourth-order valence-corrected chi connectivity index (χ4v) is 1.48. The quantitative estimate of drug-likeness (QED) is 0.870. The van der Waals surface area contributed by atoms with E-state index in [2.05, 4.69) is 0 Å². The van der Waals surface area contributed by atoms with Crippen LogP contribution < -0.4 is 4.74 Å². The monoisotopic (exact) mass is 232 g/mol. The fraction of sp³-hybridized carbons (Fsp3) is 0.300. The van der Waals surface area contributed by atoms with E-state index in [9.17, 15) is 14.3 Å². The van der Waals surface area contributed by atoms with Crippen molar-refractivity contribution in [1.29, 1.82) is 0 Å². The molecule has 0 aliphatic rings. The standard InChI is InChI=1S/C10H10ClFO3/c1-5(13)3-6-4-7(11)9(14)8(12)10(6)15-2/h4,14H,3H2,1-2H3. The summed E-state index contributed by atoms with van der Waals surface area (Å²) in [5, 5.41) is 9.07. The summed E-state index contributed by atoms with van der Waals surface area (Å²) in [7, 11) is 1.26. The van der Waals surface area contributed by atoms with Crippen LogP contribution in [0.2, 0.25) is 5.02 Å². The van der Waals surface area contributed by atoms with Crippen LogP contribution in [0.5, 0.6) is 11.5 Å². The second kappa shape index (κ2) is 4.49. The minimum absolute atomic E-state index is 0.0140. The molecule has 1 rings (SSSR count). The molecule has 0 amide bonds. The van der Waals surface area contributed by atoms with E-state index < -0.39 is 11.6 Å². The number of halogens is 2. The lowest BCUT2D eigenvalue weighted by atomic mass is 10.1. The van der Waals surface area contributed by atoms with Gasteiger partial charge >= 0.3 is 0 Å². The van der Waals surface area contributed by atoms with Crippen LogP contribution in [0.3, 0.4) is 0 Å². The summed E-state index contributed by atoms with van der Waals surface area (Å²) in [6, 6.07) is 1.32. The number of carbonyl (C=O) groups is 1. The summed E-state index contributed by atoms with van der Waals surface area (Å²) >= 11 is 5.57. The molecule has 15 heavy (non-hydrogen) atoms. The van der Waals surface area contributed by atoms with Crippen molar-refractivity contribution in [2.75, 3.05) is 7.11 Å². The van der Waals surface area contributed by atoms with Crippen molar-refractivity contribution in [2.45, 2.75) is 13.3 Å². The van der Waals surface area contributed by atoms with Crippen molar-refractivity contribution in [3.05, 3.63) is 22.5 Å². The van der Waals surface area contributed by atoms with Crippen LogP contribution in [0.4, 0.5) is 4.39 Å². The number of ether oxygens (including phenoxy) is 1. The maximum absolute atomic E-state index is 13.4. The number of hydrogen-bond donors (Lipinski definition) is 1. The SMILES string of the molecule is COc1c(CC(C)=O)cc(Cl)c(O)c1F. The highest BCUT2D eigenvalue weighted by atomic mass is 35.5. The number of methoxy groups -OCH3 is 1. The Hall–Kier alpha value is -1.29. The maximum atomic E-state index is 13.4. The Labute approximate surface area is 91.4 Å². The Morgan fingerprint density at radius 2 is 2.27 bits per heavy atom. The van der Waals surface area contributed by atoms with Gasteiger partial charge < -0.3 is 9.84 Å². The zero-order valence-electron chi connectivity index (χ0n) is 8.30. The van der Waals surface area contributed by atoms with E-state index in [1.807, 2.05) is 0 Å². The van der Waals surface area contributed by atoms with Crippen molar-refractivity contribution in [3.8, 4) is 11.5 Å². The minimum atomic E-state index is -0.943. The third-order valence-electron chi connectivity index (χ3n) is 1.87. The smallest absolute Gasteiger partial charge is 0.208 e. The maximum Gasteiger partial charge on any atom is 0.208 e. The summed E-state index contributed by atoms with van der Waals surface area (Å²) in [4.78, 5) is 10.9. The summed E-state index contributed by atoms with van der Waals surface area (Å²) in [6.07, 6.45) is 0.0140. The number of carbonyl (C=O) groups excluding carboxylic acids is 1. The van der Waals surface area contributed by atoms with Crippen molar-refractivity contribution in [1.82, 2.24) is 0 Å². The number of ketones is 1. The Balaban J connectivity index is 3.31. The Bertz CT molecular complexity index is 404. The number of hydrogen-bond acceptors (Lipinski definition) is 3. The van der Waals surface area contributed by atoms with E-state index in [0.717, 1.165) is 0 Å². The molecule has 3 nitrogen and oxygen atoms in total. The third-order valence-corrected chi connectivity index (χ3v) is 2.16. The fourth-order valence-electron chi connectivity index (χ4n) is 1.26. The first-order valence-corrected chi connectivity index (χ1v) is 4.58. The van der Waals surface area contributed by atoms with E-state index in [-0.39, 0.29) is 23.0 Å². The Morgan fingerprint density at radius 1 is 1.67 bits per heavy atom. The van der Waals surface area contributed by atoms with Gasteiger partial charge in [-0.05, 0) is 13.0 Å². The zero-order valence-corrected chi connectivity index (χ0v) is 9.06. The molecule has 0 radical (unpaired) electrons. The number of aromatic hydroxyl groups is 1. The van der Waals surface area contributed by atoms with Gasteiger partial charge in [-0.2, -0.15) is 4.39 Å². The highest BCUT2D eigenvalue weighted by Gasteiger charge is 2.18. The van der Waals surface area contributed by atoms with Crippen molar-refractivity contribution < 1.29 is 19.0 Å². The molecular formula is C10H10ClFO3. The molecule has 0 heterocycles. The molecule has 0 bridgehead atoms. The molecule has 0 atom stereocenters. The summed E-state index contributed by atoms with van der Waals surface area (Å²) in [5.41, 5.74) is 0.324. The molecular weight excluding hydrogens is 223 g/mol. The van der Waals surface area contributed by atoms with E-state index in [4.69, 9.17) is 16.3 Å². The largest absolute Gasteiger partial charge is 0.504 e. The van der Waals surface area contributed by atoms with Crippen molar-refractivity contribution in [3.63, 3.8) is 0 Å². The van der Waals surface area contributed by atoms with Gasteiger partial charge in [-0.25, -0.2) is 0 Å². The van der Waals surface area contributed by atoms with Crippen LogP contribution in [-0.4, -0.2) is 18.0 Å². The highest BCUT2D eigenvalue weighted by molar-refractivity contribution is 6.32. The lowest BCUT2D eigenvalue weighted by Gasteiger charge is -2.10. The molecule has 82 valence electrons. The number of phenolic OH excluding ortho intramolecular Hbond substituents is 1. The van der Waals surface area contributed by atoms with Gasteiger partial charge in [0.2, 0.25) is 5.82 Å². The first-order chi connectivity index (χ1) is 6.97. The predicted octanol–water partition coefficient (Wildman–Crippen LogP) is 2.32. The van der Waals surface area contributed by atoms with Crippen molar-refractivity contribution >= 4 is 17.4 Å². The van der Waals surface area contributed by atoms with Crippen LogP contribution in [0, 0.1) is 5.82 Å². The van der Waals surface area contributed by atoms with Crippen LogP contribution >= 0.6 is 11.6 Å². The van der Waals surface area contributed by atoms with Gasteiger partial charge in [0.1, 0.15) is 5.78 Å². The molecule has 0 aliphatic carbocycles. The summed E-state index contributed by atoms with van der Waals surface area (Å²) in [5.74, 6) is -1.90.